The van der Waals surface area contributed by atoms with E-state index in [0.29, 0.717) is 12.8 Å². The Hall–Kier alpha value is -2.60. The molecular formula is C22H23F3N2O. The molecule has 1 aliphatic heterocycles. The molecule has 2 aromatic carbocycles. The molecule has 1 heterocycles. The Kier molecular flexibility index (Phi) is 6.52. The number of carbonyl (C=O) groups excluding carboxylic acids is 1. The number of anilines is 1. The van der Waals surface area contributed by atoms with E-state index in [0.717, 1.165) is 37.3 Å². The van der Waals surface area contributed by atoms with Gasteiger partial charge in [-0.1, -0.05) is 48.6 Å². The second kappa shape index (κ2) is 9.06. The fourth-order valence-electron chi connectivity index (χ4n) is 3.30. The molecule has 6 heteroatoms. The summed E-state index contributed by atoms with van der Waals surface area (Å²) in [5, 5.41) is 2.63. The van der Waals surface area contributed by atoms with Crippen molar-refractivity contribution < 1.29 is 18.0 Å². The minimum Gasteiger partial charge on any atom is -0.326 e. The van der Waals surface area contributed by atoms with Crippen LogP contribution >= 0.6 is 0 Å². The highest BCUT2D eigenvalue weighted by atomic mass is 19.4. The number of halogens is 3. The van der Waals surface area contributed by atoms with Crippen LogP contribution in [0.2, 0.25) is 0 Å². The predicted molar refractivity (Wildman–Crippen MR) is 105 cm³/mol. The number of amides is 1. The average Bonchev–Trinajstić information content (AvgIpc) is 2.69. The summed E-state index contributed by atoms with van der Waals surface area (Å²) in [5.41, 5.74) is 0.580. The highest BCUT2D eigenvalue weighted by Gasteiger charge is 2.31. The van der Waals surface area contributed by atoms with Gasteiger partial charge in [0.05, 0.1) is 5.56 Å². The maximum Gasteiger partial charge on any atom is 0.416 e. The Bertz CT molecular complexity index is 810. The van der Waals surface area contributed by atoms with Gasteiger partial charge in [-0.05, 0) is 49.7 Å². The molecule has 28 heavy (non-hydrogen) atoms. The zero-order valence-corrected chi connectivity index (χ0v) is 15.5. The fourth-order valence-corrected chi connectivity index (χ4v) is 3.30. The number of carbonyl (C=O) groups is 1. The summed E-state index contributed by atoms with van der Waals surface area (Å²) in [6, 6.07) is 14.8. The van der Waals surface area contributed by atoms with Crippen LogP contribution in [0.25, 0.3) is 6.08 Å². The second-order valence-electron chi connectivity index (χ2n) is 6.96. The standard InChI is InChI=1S/C22H23F3N2O/c23-22(24,25)19-9-4-10-20(16-19)26-21(28)18-11-14-27(15-12-18)13-5-8-17-6-2-1-3-7-17/h1-10,16,18H,11-15H2,(H,26,28)/b8-5+. The van der Waals surface area contributed by atoms with E-state index in [9.17, 15) is 18.0 Å². The normalized spacial score (nSPS) is 16.4. The summed E-state index contributed by atoms with van der Waals surface area (Å²) in [4.78, 5) is 14.7. The minimum absolute atomic E-state index is 0.177. The second-order valence-corrected chi connectivity index (χ2v) is 6.96. The Labute approximate surface area is 162 Å². The van der Waals surface area contributed by atoms with Crippen molar-refractivity contribution in [3.63, 3.8) is 0 Å². The number of piperidine rings is 1. The van der Waals surface area contributed by atoms with Crippen LogP contribution in [0.4, 0.5) is 18.9 Å². The van der Waals surface area contributed by atoms with E-state index >= 15 is 0 Å². The third-order valence-corrected chi connectivity index (χ3v) is 4.89. The average molecular weight is 388 g/mol. The third kappa shape index (κ3) is 5.70. The number of rotatable bonds is 5. The van der Waals surface area contributed by atoms with Crippen molar-refractivity contribution in [3.05, 3.63) is 71.8 Å². The molecule has 1 fully saturated rings. The quantitative estimate of drug-likeness (QED) is 0.776. The number of hydrogen-bond acceptors (Lipinski definition) is 2. The SMILES string of the molecule is O=C(Nc1cccc(C(F)(F)F)c1)C1CCN(C/C=C/c2ccccc2)CC1. The van der Waals surface area contributed by atoms with Gasteiger partial charge in [-0.2, -0.15) is 13.2 Å². The maximum absolute atomic E-state index is 12.8. The van der Waals surface area contributed by atoms with Crippen molar-refractivity contribution in [1.82, 2.24) is 4.90 Å². The molecular weight excluding hydrogens is 365 g/mol. The first-order chi connectivity index (χ1) is 13.4. The van der Waals surface area contributed by atoms with Crippen molar-refractivity contribution in [2.45, 2.75) is 19.0 Å². The highest BCUT2D eigenvalue weighted by Crippen LogP contribution is 2.31. The lowest BCUT2D eigenvalue weighted by Gasteiger charge is -2.30. The lowest BCUT2D eigenvalue weighted by Crippen LogP contribution is -2.38. The summed E-state index contributed by atoms with van der Waals surface area (Å²) >= 11 is 0. The number of hydrogen-bond donors (Lipinski definition) is 1. The molecule has 0 aliphatic carbocycles. The first-order valence-electron chi connectivity index (χ1n) is 9.34. The molecule has 0 radical (unpaired) electrons. The van der Waals surface area contributed by atoms with Gasteiger partial charge in [0.25, 0.3) is 0 Å². The Morgan fingerprint density at radius 2 is 1.79 bits per heavy atom. The third-order valence-electron chi connectivity index (χ3n) is 4.89. The first kappa shape index (κ1) is 20.1. The summed E-state index contributed by atoms with van der Waals surface area (Å²) in [5.74, 6) is -0.386. The molecule has 148 valence electrons. The first-order valence-corrected chi connectivity index (χ1v) is 9.34. The van der Waals surface area contributed by atoms with E-state index in [4.69, 9.17) is 0 Å². The molecule has 0 saturated carbocycles. The van der Waals surface area contributed by atoms with E-state index in [1.54, 1.807) is 0 Å². The summed E-state index contributed by atoms with van der Waals surface area (Å²) < 4.78 is 38.4. The Morgan fingerprint density at radius 1 is 1.07 bits per heavy atom. The van der Waals surface area contributed by atoms with Gasteiger partial charge in [0.2, 0.25) is 5.91 Å². The Balaban J connectivity index is 1.47. The Morgan fingerprint density at radius 3 is 2.46 bits per heavy atom. The topological polar surface area (TPSA) is 32.3 Å². The number of nitrogens with zero attached hydrogens (tertiary/aromatic N) is 1. The van der Waals surface area contributed by atoms with E-state index in [1.165, 1.54) is 12.1 Å². The van der Waals surface area contributed by atoms with E-state index < -0.39 is 11.7 Å². The summed E-state index contributed by atoms with van der Waals surface area (Å²) in [6.45, 7) is 2.40. The molecule has 3 nitrogen and oxygen atoms in total. The largest absolute Gasteiger partial charge is 0.416 e. The molecule has 1 saturated heterocycles. The van der Waals surface area contributed by atoms with Gasteiger partial charge >= 0.3 is 6.18 Å². The number of alkyl halides is 3. The molecule has 0 unspecified atom stereocenters. The van der Waals surface area contributed by atoms with Crippen LogP contribution in [0.1, 0.15) is 24.0 Å². The van der Waals surface area contributed by atoms with Crippen LogP contribution < -0.4 is 5.32 Å². The van der Waals surface area contributed by atoms with E-state index in [2.05, 4.69) is 22.4 Å². The highest BCUT2D eigenvalue weighted by molar-refractivity contribution is 5.92. The molecule has 1 N–H and O–H groups in total. The van der Waals surface area contributed by atoms with Gasteiger partial charge in [0.15, 0.2) is 0 Å². The zero-order chi connectivity index (χ0) is 20.0. The van der Waals surface area contributed by atoms with E-state index in [1.807, 2.05) is 30.3 Å². The fraction of sp³-hybridized carbons (Fsp3) is 0.318. The number of likely N-dealkylation sites (tertiary alicyclic amines) is 1. The van der Waals surface area contributed by atoms with Crippen molar-refractivity contribution in [1.29, 1.82) is 0 Å². The predicted octanol–water partition coefficient (Wildman–Crippen LogP) is 5.07. The van der Waals surface area contributed by atoms with Gasteiger partial charge in [-0.15, -0.1) is 0 Å². The van der Waals surface area contributed by atoms with Gasteiger partial charge in [-0.25, -0.2) is 0 Å². The molecule has 0 bridgehead atoms. The lowest BCUT2D eigenvalue weighted by molar-refractivity contribution is -0.137. The minimum atomic E-state index is -4.42. The van der Waals surface area contributed by atoms with Crippen molar-refractivity contribution >= 4 is 17.7 Å². The van der Waals surface area contributed by atoms with Crippen LogP contribution in [-0.2, 0) is 11.0 Å². The molecule has 3 rings (SSSR count). The molecule has 2 aromatic rings. The van der Waals surface area contributed by atoms with Gasteiger partial charge in [0.1, 0.15) is 0 Å². The van der Waals surface area contributed by atoms with Crippen LogP contribution in [0.5, 0.6) is 0 Å². The van der Waals surface area contributed by atoms with Gasteiger partial charge in [0, 0.05) is 18.2 Å². The molecule has 1 amide bonds. The number of nitrogens with one attached hydrogen (secondary N) is 1. The van der Waals surface area contributed by atoms with Crippen LogP contribution in [-0.4, -0.2) is 30.4 Å². The summed E-state index contributed by atoms with van der Waals surface area (Å²) in [7, 11) is 0. The van der Waals surface area contributed by atoms with Gasteiger partial charge in [-0.3, -0.25) is 9.69 Å². The molecule has 0 spiro atoms. The molecule has 1 aliphatic rings. The molecule has 0 aromatic heterocycles. The zero-order valence-electron chi connectivity index (χ0n) is 15.5. The lowest BCUT2D eigenvalue weighted by atomic mass is 9.95. The van der Waals surface area contributed by atoms with E-state index in [-0.39, 0.29) is 17.5 Å². The number of benzene rings is 2. The van der Waals surface area contributed by atoms with Crippen LogP contribution in [0.3, 0.4) is 0 Å². The smallest absolute Gasteiger partial charge is 0.326 e. The maximum atomic E-state index is 12.8. The van der Waals surface area contributed by atoms with Crippen LogP contribution in [0, 0.1) is 5.92 Å². The van der Waals surface area contributed by atoms with Gasteiger partial charge < -0.3 is 5.32 Å². The van der Waals surface area contributed by atoms with Crippen molar-refractivity contribution in [2.24, 2.45) is 5.92 Å². The van der Waals surface area contributed by atoms with Crippen LogP contribution in [0.15, 0.2) is 60.7 Å². The molecule has 0 atom stereocenters. The van der Waals surface area contributed by atoms with Crippen molar-refractivity contribution in [3.8, 4) is 0 Å². The van der Waals surface area contributed by atoms with Crippen molar-refractivity contribution in [2.75, 3.05) is 25.0 Å². The monoisotopic (exact) mass is 388 g/mol. The summed E-state index contributed by atoms with van der Waals surface area (Å²) in [6.07, 6.45) is 1.16.